The fraction of sp³-hybridized carbons (Fsp3) is 0.286. The van der Waals surface area contributed by atoms with Crippen molar-refractivity contribution >= 4 is 17.2 Å². The van der Waals surface area contributed by atoms with Gasteiger partial charge in [-0.2, -0.15) is 35.4 Å². The third-order valence-corrected chi connectivity index (χ3v) is 4.40. The largest absolute Gasteiger partial charge is 2.00 e. The Morgan fingerprint density at radius 2 is 1.19 bits per heavy atom. The van der Waals surface area contributed by atoms with Gasteiger partial charge in [0.1, 0.15) is 0 Å². The fourth-order valence-corrected chi connectivity index (χ4v) is 2.79. The van der Waals surface area contributed by atoms with E-state index in [1.54, 1.807) is 0 Å². The van der Waals surface area contributed by atoms with Crippen LogP contribution in [0.2, 0.25) is 0 Å². The molecule has 0 aromatic heterocycles. The molecule has 0 aliphatic carbocycles. The van der Waals surface area contributed by atoms with E-state index in [9.17, 15) is 0 Å². The van der Waals surface area contributed by atoms with Crippen LogP contribution in [0, 0.1) is 0 Å². The van der Waals surface area contributed by atoms with Crippen molar-refractivity contribution in [3.8, 4) is 0 Å². The Kier molecular flexibility index (Phi) is 12.4. The number of rotatable bonds is 6. The molecule has 2 atom stereocenters. The van der Waals surface area contributed by atoms with E-state index >= 15 is 0 Å². The van der Waals surface area contributed by atoms with Crippen LogP contribution < -0.4 is 0 Å². The molecule has 0 saturated carbocycles. The molecule has 0 spiro atoms. The third-order valence-electron chi connectivity index (χ3n) is 2.44. The number of aliphatic hydroxyl groups is 4. The fourth-order valence-electron chi connectivity index (χ4n) is 1.48. The van der Waals surface area contributed by atoms with E-state index in [1.165, 1.54) is 11.1 Å². The Balaban J connectivity index is 0.000000364. The first kappa shape index (κ1) is 20.9. The second-order valence-electron chi connectivity index (χ2n) is 4.10. The second kappa shape index (κ2) is 12.5. The van der Waals surface area contributed by atoms with Gasteiger partial charge >= 0.3 is 17.1 Å². The summed E-state index contributed by atoms with van der Waals surface area (Å²) in [5, 5.41) is 34.1. The topological polar surface area (TPSA) is 80.9 Å². The van der Waals surface area contributed by atoms with Gasteiger partial charge in [-0.05, 0) is 12.3 Å². The first-order valence-corrected chi connectivity index (χ1v) is 8.75. The van der Waals surface area contributed by atoms with Crippen molar-refractivity contribution in [3.05, 3.63) is 59.7 Å². The Labute approximate surface area is 139 Å². The molecule has 0 saturated heterocycles. The van der Waals surface area contributed by atoms with Gasteiger partial charge in [0.15, 0.2) is 12.1 Å². The summed E-state index contributed by atoms with van der Waals surface area (Å²) in [5.41, 5.74) is 2.35. The summed E-state index contributed by atoms with van der Waals surface area (Å²) in [5.74, 6) is 0. The maximum atomic E-state index is 8.52. The van der Waals surface area contributed by atoms with Gasteiger partial charge in [0.2, 0.25) is 0 Å². The van der Waals surface area contributed by atoms with Gasteiger partial charge in [0.05, 0.1) is 0 Å². The predicted octanol–water partition coefficient (Wildman–Crippen LogP) is 1.70. The predicted molar refractivity (Wildman–Crippen MR) is 84.6 cm³/mol. The molecular weight excluding hydrogens is 350 g/mol. The summed E-state index contributed by atoms with van der Waals surface area (Å²) >= 11 is 0. The molecule has 0 aliphatic rings. The molecule has 118 valence electrons. The van der Waals surface area contributed by atoms with E-state index < -0.39 is 12.1 Å². The van der Waals surface area contributed by atoms with Crippen molar-refractivity contribution in [2.75, 3.05) is 0 Å². The molecule has 2 aromatic rings. The smallest absolute Gasteiger partial charge is 0.365 e. The molecule has 4 N–H and O–H groups in total. The van der Waals surface area contributed by atoms with Crippen LogP contribution in [0.5, 0.6) is 0 Å². The van der Waals surface area contributed by atoms with E-state index in [-0.39, 0.29) is 34.2 Å². The van der Waals surface area contributed by atoms with Crippen LogP contribution in [0.4, 0.5) is 0 Å². The molecule has 0 aliphatic heterocycles. The summed E-state index contributed by atoms with van der Waals surface area (Å²) < 4.78 is 0. The number of aliphatic hydroxyl groups excluding tert-OH is 2. The zero-order valence-electron chi connectivity index (χ0n) is 11.3. The first-order valence-electron chi connectivity index (χ1n) is 6.18. The molecule has 0 heterocycles. The Morgan fingerprint density at radius 1 is 0.810 bits per heavy atom. The molecule has 0 radical (unpaired) electrons. The monoisotopic (exact) mass is 370 g/mol. The number of hydrogen-bond acceptors (Lipinski definition) is 4. The van der Waals surface area contributed by atoms with Crippen LogP contribution in [0.1, 0.15) is 11.1 Å². The second-order valence-corrected chi connectivity index (χ2v) is 6.65. The van der Waals surface area contributed by atoms with Crippen molar-refractivity contribution in [2.24, 2.45) is 0 Å². The van der Waals surface area contributed by atoms with E-state index in [4.69, 9.17) is 20.4 Å². The minimum absolute atomic E-state index is 0. The van der Waals surface area contributed by atoms with Crippen molar-refractivity contribution in [1.82, 2.24) is 0 Å². The van der Waals surface area contributed by atoms with Crippen molar-refractivity contribution in [3.63, 3.8) is 0 Å². The third kappa shape index (κ3) is 11.2. The summed E-state index contributed by atoms with van der Waals surface area (Å²) in [6.45, 7) is 0. The standard InChI is InChI=1S/2C7H10O2P.Fe/c2*8-7(9)10-5-6-3-1-2-4-6;/h2*1-4,7-10H,5H2;/q2*-1;+2. The average molecular weight is 370 g/mol. The van der Waals surface area contributed by atoms with Crippen LogP contribution in [0.15, 0.2) is 48.5 Å². The van der Waals surface area contributed by atoms with Crippen molar-refractivity contribution < 1.29 is 37.5 Å². The molecular formula is C14H20FeO4P2. The average Bonchev–Trinajstić information content (AvgIpc) is 3.08. The molecule has 0 fully saturated rings. The van der Waals surface area contributed by atoms with Crippen LogP contribution in [0.25, 0.3) is 0 Å². The zero-order chi connectivity index (χ0) is 14.8. The maximum Gasteiger partial charge on any atom is 2.00 e. The van der Waals surface area contributed by atoms with Gasteiger partial charge in [-0.25, -0.2) is 24.3 Å². The summed E-state index contributed by atoms with van der Waals surface area (Å²) in [6.07, 6.45) is 1.54. The van der Waals surface area contributed by atoms with Crippen molar-refractivity contribution in [2.45, 2.75) is 24.4 Å². The maximum absolute atomic E-state index is 8.52. The Bertz CT molecular complexity index is 388. The number of hydrogen-bond donors (Lipinski definition) is 4. The quantitative estimate of drug-likeness (QED) is 0.270. The molecule has 0 bridgehead atoms. The van der Waals surface area contributed by atoms with Gasteiger partial charge < -0.3 is 20.4 Å². The Morgan fingerprint density at radius 3 is 1.43 bits per heavy atom. The summed E-state index contributed by atoms with van der Waals surface area (Å²) in [7, 11) is 0.388. The van der Waals surface area contributed by atoms with Gasteiger partial charge in [-0.1, -0.05) is 17.2 Å². The summed E-state index contributed by atoms with van der Waals surface area (Å²) in [4.78, 5) is 0. The minimum atomic E-state index is -1.14. The normalized spacial score (nSPS) is 11.3. The molecule has 2 aromatic carbocycles. The van der Waals surface area contributed by atoms with Crippen LogP contribution in [-0.2, 0) is 29.4 Å². The van der Waals surface area contributed by atoms with Crippen LogP contribution >= 0.6 is 17.2 Å². The van der Waals surface area contributed by atoms with E-state index in [1.807, 2.05) is 48.5 Å². The van der Waals surface area contributed by atoms with E-state index in [0.717, 1.165) is 12.3 Å². The first-order chi connectivity index (χ1) is 9.58. The van der Waals surface area contributed by atoms with Gasteiger partial charge in [-0.15, -0.1) is 0 Å². The van der Waals surface area contributed by atoms with E-state index in [0.29, 0.717) is 0 Å². The van der Waals surface area contributed by atoms with E-state index in [2.05, 4.69) is 0 Å². The van der Waals surface area contributed by atoms with Crippen LogP contribution in [-0.4, -0.2) is 32.5 Å². The van der Waals surface area contributed by atoms with Crippen LogP contribution in [0.3, 0.4) is 0 Å². The summed E-state index contributed by atoms with van der Waals surface area (Å²) in [6, 6.07) is 13.4. The van der Waals surface area contributed by atoms with Gasteiger partial charge in [0, 0.05) is 0 Å². The zero-order valence-corrected chi connectivity index (χ0v) is 14.4. The Hall–Kier alpha value is -0.0805. The molecule has 2 rings (SSSR count). The van der Waals surface area contributed by atoms with Crippen molar-refractivity contribution in [1.29, 1.82) is 0 Å². The minimum Gasteiger partial charge on any atom is -0.365 e. The SMILES string of the molecule is OC(O)PCc1ccc[cH-]1.OC(O)PCc1ccc[cH-]1.[Fe+2]. The van der Waals surface area contributed by atoms with Gasteiger partial charge in [-0.3, -0.25) is 0 Å². The molecule has 0 amide bonds. The molecule has 2 unspecified atom stereocenters. The molecule has 21 heavy (non-hydrogen) atoms. The van der Waals surface area contributed by atoms with Gasteiger partial charge in [0.25, 0.3) is 0 Å². The molecule has 7 heteroatoms. The molecule has 4 nitrogen and oxygen atoms in total.